The van der Waals surface area contributed by atoms with E-state index in [1.54, 1.807) is 0 Å². The molecule has 0 radical (unpaired) electrons. The van der Waals surface area contributed by atoms with Crippen LogP contribution in [-0.4, -0.2) is 0 Å². The lowest BCUT2D eigenvalue weighted by atomic mass is 10.2. The highest BCUT2D eigenvalue weighted by molar-refractivity contribution is 5.16. The molecule has 0 aliphatic heterocycles. The second-order valence-electron chi connectivity index (χ2n) is 2.21. The Balaban J connectivity index is 4.43. The van der Waals surface area contributed by atoms with E-state index in [-0.39, 0.29) is 0 Å². The average molecular weight is 122 g/mol. The molecule has 0 unspecified atom stereocenters. The van der Waals surface area contributed by atoms with E-state index in [2.05, 4.69) is 19.2 Å². The van der Waals surface area contributed by atoms with Crippen LogP contribution in [0.15, 0.2) is 29.5 Å². The number of hydrogen-bond acceptors (Lipinski definition) is 0. The first-order chi connectivity index (χ1) is 4.20. The predicted octanol–water partition coefficient (Wildman–Crippen LogP) is 3.07. The van der Waals surface area contributed by atoms with Gasteiger partial charge in [0.1, 0.15) is 0 Å². The Morgan fingerprint density at radius 1 is 1.56 bits per heavy atom. The molecule has 0 aromatic rings. The normalized spacial score (nSPS) is 7.89. The lowest BCUT2D eigenvalue weighted by Gasteiger charge is -1.88. The van der Waals surface area contributed by atoms with Crippen molar-refractivity contribution in [3.63, 3.8) is 0 Å². The SMILES string of the molecule is C=CC(=C=C(C)C)CC. The van der Waals surface area contributed by atoms with Gasteiger partial charge in [-0.3, -0.25) is 0 Å². The highest BCUT2D eigenvalue weighted by atomic mass is 13.9. The van der Waals surface area contributed by atoms with Gasteiger partial charge in [0, 0.05) is 0 Å². The van der Waals surface area contributed by atoms with Gasteiger partial charge in [-0.2, -0.15) is 0 Å². The molecule has 0 aliphatic rings. The van der Waals surface area contributed by atoms with Gasteiger partial charge < -0.3 is 0 Å². The van der Waals surface area contributed by atoms with Crippen LogP contribution in [0.2, 0.25) is 0 Å². The standard InChI is InChI=1S/C9H14/c1-5-9(6-2)7-8(3)4/h5H,1,6H2,2-4H3. The zero-order valence-corrected chi connectivity index (χ0v) is 6.49. The summed E-state index contributed by atoms with van der Waals surface area (Å²) in [6.07, 6.45) is 2.88. The maximum atomic E-state index is 3.67. The summed E-state index contributed by atoms with van der Waals surface area (Å²) in [5.74, 6) is 0. The first-order valence-electron chi connectivity index (χ1n) is 3.26. The van der Waals surface area contributed by atoms with Gasteiger partial charge in [-0.1, -0.05) is 19.6 Å². The molecule has 0 spiro atoms. The van der Waals surface area contributed by atoms with Crippen molar-refractivity contribution in [2.75, 3.05) is 0 Å². The molecule has 0 bridgehead atoms. The van der Waals surface area contributed by atoms with E-state index in [4.69, 9.17) is 0 Å². The van der Waals surface area contributed by atoms with Gasteiger partial charge >= 0.3 is 0 Å². The second-order valence-corrected chi connectivity index (χ2v) is 2.21. The van der Waals surface area contributed by atoms with Gasteiger partial charge in [0.2, 0.25) is 0 Å². The fourth-order valence-corrected chi connectivity index (χ4v) is 0.605. The molecule has 0 rings (SSSR count). The summed E-state index contributed by atoms with van der Waals surface area (Å²) in [6, 6.07) is 0. The van der Waals surface area contributed by atoms with Crippen LogP contribution in [0.4, 0.5) is 0 Å². The van der Waals surface area contributed by atoms with E-state index in [0.29, 0.717) is 0 Å². The van der Waals surface area contributed by atoms with E-state index in [1.807, 2.05) is 19.9 Å². The molecule has 0 aromatic heterocycles. The van der Waals surface area contributed by atoms with Gasteiger partial charge in [0.05, 0.1) is 0 Å². The maximum Gasteiger partial charge on any atom is -0.00697 e. The number of rotatable bonds is 2. The lowest BCUT2D eigenvalue weighted by Crippen LogP contribution is -1.69. The summed E-state index contributed by atoms with van der Waals surface area (Å²) >= 11 is 0. The van der Waals surface area contributed by atoms with Gasteiger partial charge in [0.15, 0.2) is 0 Å². The molecular weight excluding hydrogens is 108 g/mol. The van der Waals surface area contributed by atoms with E-state index in [0.717, 1.165) is 6.42 Å². The van der Waals surface area contributed by atoms with Crippen molar-refractivity contribution in [1.29, 1.82) is 0 Å². The molecule has 0 saturated heterocycles. The zero-order valence-electron chi connectivity index (χ0n) is 6.49. The van der Waals surface area contributed by atoms with Crippen LogP contribution in [0.1, 0.15) is 27.2 Å². The molecular formula is C9H14. The number of hydrogen-bond donors (Lipinski definition) is 0. The van der Waals surface area contributed by atoms with Gasteiger partial charge in [0.25, 0.3) is 0 Å². The molecule has 0 aromatic carbocycles. The molecule has 50 valence electrons. The fraction of sp³-hybridized carbons (Fsp3) is 0.444. The Hall–Kier alpha value is -0.740. The van der Waals surface area contributed by atoms with Crippen LogP contribution in [0.25, 0.3) is 0 Å². The first-order valence-corrected chi connectivity index (χ1v) is 3.26. The van der Waals surface area contributed by atoms with E-state index < -0.39 is 0 Å². The third-order valence-corrected chi connectivity index (χ3v) is 1.04. The Kier molecular flexibility index (Phi) is 3.83. The summed E-state index contributed by atoms with van der Waals surface area (Å²) < 4.78 is 0. The molecule has 0 fully saturated rings. The molecule has 0 nitrogen and oxygen atoms in total. The smallest absolute Gasteiger partial charge is 0.00697 e. The first kappa shape index (κ1) is 8.26. The fourth-order valence-electron chi connectivity index (χ4n) is 0.605. The van der Waals surface area contributed by atoms with Crippen LogP contribution in [0.3, 0.4) is 0 Å². The van der Waals surface area contributed by atoms with E-state index in [9.17, 15) is 0 Å². The van der Waals surface area contributed by atoms with Gasteiger partial charge in [-0.25, -0.2) is 0 Å². The highest BCUT2D eigenvalue weighted by Crippen LogP contribution is 1.99. The van der Waals surface area contributed by atoms with Crippen LogP contribution < -0.4 is 0 Å². The van der Waals surface area contributed by atoms with Gasteiger partial charge in [-0.05, 0) is 31.4 Å². The molecule has 0 heteroatoms. The molecule has 0 saturated carbocycles. The van der Waals surface area contributed by atoms with Crippen LogP contribution >= 0.6 is 0 Å². The third kappa shape index (κ3) is 3.81. The third-order valence-electron chi connectivity index (χ3n) is 1.04. The summed E-state index contributed by atoms with van der Waals surface area (Å²) in [7, 11) is 0. The van der Waals surface area contributed by atoms with Crippen molar-refractivity contribution in [2.45, 2.75) is 27.2 Å². The highest BCUT2D eigenvalue weighted by Gasteiger charge is 1.80. The summed E-state index contributed by atoms with van der Waals surface area (Å²) in [4.78, 5) is 0. The van der Waals surface area contributed by atoms with Crippen LogP contribution in [-0.2, 0) is 0 Å². The minimum Gasteiger partial charge on any atom is -0.119 e. The monoisotopic (exact) mass is 122 g/mol. The molecule has 9 heavy (non-hydrogen) atoms. The van der Waals surface area contributed by atoms with Crippen LogP contribution in [0.5, 0.6) is 0 Å². The number of allylic oxidation sites excluding steroid dienone is 2. The molecule has 0 amide bonds. The molecule has 0 atom stereocenters. The lowest BCUT2D eigenvalue weighted by molar-refractivity contribution is 1.15. The zero-order chi connectivity index (χ0) is 7.28. The average Bonchev–Trinajstić information content (AvgIpc) is 1.82. The van der Waals surface area contributed by atoms with Crippen molar-refractivity contribution in [3.8, 4) is 0 Å². The minimum absolute atomic E-state index is 1.02. The second kappa shape index (κ2) is 4.17. The molecule has 0 heterocycles. The van der Waals surface area contributed by atoms with Crippen molar-refractivity contribution in [1.82, 2.24) is 0 Å². The quantitative estimate of drug-likeness (QED) is 0.390. The summed E-state index contributed by atoms with van der Waals surface area (Å²) in [5, 5.41) is 0. The minimum atomic E-state index is 1.02. The van der Waals surface area contributed by atoms with E-state index in [1.165, 1.54) is 11.1 Å². The molecule has 0 N–H and O–H groups in total. The Morgan fingerprint density at radius 3 is 2.22 bits per heavy atom. The Bertz CT molecular complexity index is 151. The van der Waals surface area contributed by atoms with Crippen molar-refractivity contribution < 1.29 is 0 Å². The van der Waals surface area contributed by atoms with Crippen molar-refractivity contribution >= 4 is 0 Å². The summed E-state index contributed by atoms with van der Waals surface area (Å²) in [5.41, 5.74) is 5.60. The molecule has 0 aliphatic carbocycles. The predicted molar refractivity (Wildman–Crippen MR) is 42.4 cm³/mol. The van der Waals surface area contributed by atoms with Gasteiger partial charge in [-0.15, -0.1) is 5.73 Å². The van der Waals surface area contributed by atoms with Crippen molar-refractivity contribution in [3.05, 3.63) is 29.5 Å². The van der Waals surface area contributed by atoms with Crippen molar-refractivity contribution in [2.24, 2.45) is 0 Å². The topological polar surface area (TPSA) is 0 Å². The maximum absolute atomic E-state index is 3.67. The Morgan fingerprint density at radius 2 is 2.11 bits per heavy atom. The van der Waals surface area contributed by atoms with E-state index >= 15 is 0 Å². The Labute approximate surface area is 57.6 Å². The van der Waals surface area contributed by atoms with Crippen LogP contribution in [0, 0.1) is 0 Å². The summed E-state index contributed by atoms with van der Waals surface area (Å²) in [6.45, 7) is 9.86. The largest absolute Gasteiger partial charge is 0.119 e.